The van der Waals surface area contributed by atoms with E-state index in [0.29, 0.717) is 5.82 Å². The second-order valence-electron chi connectivity index (χ2n) is 5.25. The van der Waals surface area contributed by atoms with Crippen LogP contribution in [0.5, 0.6) is 0 Å². The Morgan fingerprint density at radius 1 is 1.00 bits per heavy atom. The second-order valence-corrected chi connectivity index (χ2v) is 6.26. The quantitative estimate of drug-likeness (QED) is 0.723. The molecular formula is C16H14N6S. The summed E-state index contributed by atoms with van der Waals surface area (Å²) in [7, 11) is 0. The number of H-pyrrole nitrogens is 1. The minimum absolute atomic E-state index is 0.175. The van der Waals surface area contributed by atoms with Gasteiger partial charge in [0.25, 0.3) is 0 Å². The maximum Gasteiger partial charge on any atom is 0.179 e. The van der Waals surface area contributed by atoms with Gasteiger partial charge in [0.2, 0.25) is 0 Å². The summed E-state index contributed by atoms with van der Waals surface area (Å²) >= 11 is 1.78. The van der Waals surface area contributed by atoms with Crippen molar-refractivity contribution in [1.82, 2.24) is 20.6 Å². The third-order valence-corrected chi connectivity index (χ3v) is 4.82. The summed E-state index contributed by atoms with van der Waals surface area (Å²) in [6, 6.07) is 16.2. The van der Waals surface area contributed by atoms with Crippen molar-refractivity contribution in [3.05, 3.63) is 59.7 Å². The molecule has 114 valence electrons. The van der Waals surface area contributed by atoms with Crippen molar-refractivity contribution in [3.8, 4) is 11.4 Å². The number of aliphatic imine (C=N–C) groups is 1. The van der Waals surface area contributed by atoms with E-state index in [1.54, 1.807) is 11.8 Å². The summed E-state index contributed by atoms with van der Waals surface area (Å²) in [6.45, 7) is 0. The van der Waals surface area contributed by atoms with Crippen LogP contribution in [0.25, 0.3) is 11.4 Å². The number of thioether (sulfide) groups is 1. The first-order valence-electron chi connectivity index (χ1n) is 7.20. The van der Waals surface area contributed by atoms with Crippen molar-refractivity contribution in [2.75, 3.05) is 11.5 Å². The summed E-state index contributed by atoms with van der Waals surface area (Å²) in [6.07, 6.45) is 0. The van der Waals surface area contributed by atoms with Gasteiger partial charge in [-0.15, -0.1) is 16.9 Å². The molecule has 0 fully saturated rings. The largest absolute Gasteiger partial charge is 0.399 e. The molecule has 1 aliphatic rings. The first-order valence-corrected chi connectivity index (χ1v) is 8.19. The first kappa shape index (κ1) is 14.0. The van der Waals surface area contributed by atoms with Crippen LogP contribution in [0.1, 0.15) is 17.2 Å². The fourth-order valence-electron chi connectivity index (χ4n) is 2.47. The number of nitrogens with one attached hydrogen (secondary N) is 1. The number of nitrogens with zero attached hydrogens (tertiary/aromatic N) is 4. The summed E-state index contributed by atoms with van der Waals surface area (Å²) < 4.78 is 0. The lowest BCUT2D eigenvalue weighted by Gasteiger charge is -2.06. The highest BCUT2D eigenvalue weighted by atomic mass is 32.2. The Morgan fingerprint density at radius 3 is 2.43 bits per heavy atom. The van der Waals surface area contributed by atoms with Crippen LogP contribution in [0.2, 0.25) is 0 Å². The third kappa shape index (κ3) is 2.83. The number of hydrogen-bond acceptors (Lipinski definition) is 6. The van der Waals surface area contributed by atoms with Crippen LogP contribution in [0.15, 0.2) is 53.5 Å². The van der Waals surface area contributed by atoms with Gasteiger partial charge in [-0.05, 0) is 28.1 Å². The molecule has 0 saturated heterocycles. The zero-order valence-corrected chi connectivity index (χ0v) is 13.0. The fraction of sp³-hybridized carbons (Fsp3) is 0.125. The molecule has 0 saturated carbocycles. The maximum atomic E-state index is 5.73. The van der Waals surface area contributed by atoms with Crippen molar-refractivity contribution in [2.24, 2.45) is 4.99 Å². The van der Waals surface area contributed by atoms with Crippen LogP contribution in [-0.2, 0) is 0 Å². The number of tetrazole rings is 1. The molecule has 1 aromatic heterocycles. The Kier molecular flexibility index (Phi) is 3.55. The molecule has 0 bridgehead atoms. The molecule has 3 N–H and O–H groups in total. The average Bonchev–Trinajstić information content (AvgIpc) is 3.28. The molecule has 1 atom stereocenters. The van der Waals surface area contributed by atoms with E-state index < -0.39 is 0 Å². The van der Waals surface area contributed by atoms with Crippen molar-refractivity contribution in [1.29, 1.82) is 0 Å². The summed E-state index contributed by atoms with van der Waals surface area (Å²) in [5.74, 6) is 1.62. The van der Waals surface area contributed by atoms with Crippen LogP contribution < -0.4 is 5.73 Å². The zero-order chi connectivity index (χ0) is 15.6. The van der Waals surface area contributed by atoms with E-state index in [1.807, 2.05) is 36.4 Å². The van der Waals surface area contributed by atoms with Crippen LogP contribution in [0, 0.1) is 0 Å². The minimum atomic E-state index is 0.175. The minimum Gasteiger partial charge on any atom is -0.399 e. The molecule has 0 spiro atoms. The third-order valence-electron chi connectivity index (χ3n) is 3.72. The van der Waals surface area contributed by atoms with E-state index in [4.69, 9.17) is 10.7 Å². The Labute approximate surface area is 137 Å². The SMILES string of the molecule is Nc1ccc(C2=NC(c3ccc(-c4nnn[nH]4)cc3)CS2)cc1. The van der Waals surface area contributed by atoms with Crippen molar-refractivity contribution < 1.29 is 0 Å². The highest BCUT2D eigenvalue weighted by Crippen LogP contribution is 2.33. The molecule has 2 aromatic carbocycles. The molecule has 0 amide bonds. The summed E-state index contributed by atoms with van der Waals surface area (Å²) in [4.78, 5) is 4.84. The predicted octanol–water partition coefficient (Wildman–Crippen LogP) is 2.68. The number of benzene rings is 2. The molecule has 0 aliphatic carbocycles. The number of rotatable bonds is 3. The van der Waals surface area contributed by atoms with Crippen LogP contribution >= 0.6 is 11.8 Å². The molecule has 1 aliphatic heterocycles. The smallest absolute Gasteiger partial charge is 0.179 e. The predicted molar refractivity (Wildman–Crippen MR) is 92.2 cm³/mol. The van der Waals surface area contributed by atoms with E-state index in [1.165, 1.54) is 5.56 Å². The number of hydrogen-bond donors (Lipinski definition) is 2. The van der Waals surface area contributed by atoms with Gasteiger partial charge in [0.15, 0.2) is 5.82 Å². The number of aromatic amines is 1. The van der Waals surface area contributed by atoms with Gasteiger partial charge >= 0.3 is 0 Å². The fourth-order valence-corrected chi connectivity index (χ4v) is 3.56. The average molecular weight is 322 g/mol. The van der Waals surface area contributed by atoms with Crippen molar-refractivity contribution >= 4 is 22.5 Å². The number of nitrogen functional groups attached to an aromatic ring is 1. The Bertz CT molecular complexity index is 824. The topological polar surface area (TPSA) is 92.8 Å². The van der Waals surface area contributed by atoms with Gasteiger partial charge in [0.05, 0.1) is 11.1 Å². The zero-order valence-electron chi connectivity index (χ0n) is 12.2. The van der Waals surface area contributed by atoms with E-state index >= 15 is 0 Å². The molecule has 6 nitrogen and oxygen atoms in total. The lowest BCUT2D eigenvalue weighted by atomic mass is 10.1. The van der Waals surface area contributed by atoms with Gasteiger partial charge in [-0.2, -0.15) is 0 Å². The van der Waals surface area contributed by atoms with Gasteiger partial charge in [-0.3, -0.25) is 4.99 Å². The number of anilines is 1. The normalized spacial score (nSPS) is 17.2. The Balaban J connectivity index is 1.56. The van der Waals surface area contributed by atoms with Gasteiger partial charge in [0.1, 0.15) is 0 Å². The summed E-state index contributed by atoms with van der Waals surface area (Å²) in [5, 5.41) is 14.9. The molecule has 0 radical (unpaired) electrons. The van der Waals surface area contributed by atoms with Gasteiger partial charge in [0, 0.05) is 22.6 Å². The summed E-state index contributed by atoms with van der Waals surface area (Å²) in [5.41, 5.74) is 9.78. The lowest BCUT2D eigenvalue weighted by Crippen LogP contribution is -1.94. The Morgan fingerprint density at radius 2 is 1.74 bits per heavy atom. The van der Waals surface area contributed by atoms with E-state index in [2.05, 4.69) is 32.8 Å². The van der Waals surface area contributed by atoms with E-state index in [9.17, 15) is 0 Å². The number of nitrogens with two attached hydrogens (primary N) is 1. The molecule has 1 unspecified atom stereocenters. The van der Waals surface area contributed by atoms with Crippen molar-refractivity contribution in [2.45, 2.75) is 6.04 Å². The molecule has 4 rings (SSSR count). The van der Waals surface area contributed by atoms with Gasteiger partial charge < -0.3 is 5.73 Å². The highest BCUT2D eigenvalue weighted by molar-refractivity contribution is 8.14. The van der Waals surface area contributed by atoms with Crippen molar-refractivity contribution in [3.63, 3.8) is 0 Å². The van der Waals surface area contributed by atoms with E-state index in [0.717, 1.165) is 27.6 Å². The molecule has 3 aromatic rings. The van der Waals surface area contributed by atoms with Crippen LogP contribution in [0.3, 0.4) is 0 Å². The van der Waals surface area contributed by atoms with Gasteiger partial charge in [-0.25, -0.2) is 5.10 Å². The highest BCUT2D eigenvalue weighted by Gasteiger charge is 2.21. The molecule has 2 heterocycles. The monoisotopic (exact) mass is 322 g/mol. The maximum absolute atomic E-state index is 5.73. The van der Waals surface area contributed by atoms with Crippen LogP contribution in [-0.4, -0.2) is 31.4 Å². The molecular weight excluding hydrogens is 308 g/mol. The van der Waals surface area contributed by atoms with E-state index in [-0.39, 0.29) is 6.04 Å². The standard InChI is InChI=1S/C16H14N6S/c17-13-7-5-12(6-8-13)16-18-14(9-23-16)10-1-3-11(4-2-10)15-19-21-22-20-15/h1-8,14H,9,17H2,(H,19,20,21,22). The second kappa shape index (κ2) is 5.85. The first-order chi connectivity index (χ1) is 11.3. The van der Waals surface area contributed by atoms with Gasteiger partial charge in [-0.1, -0.05) is 36.4 Å². The molecule has 7 heteroatoms. The van der Waals surface area contributed by atoms with Crippen LogP contribution in [0.4, 0.5) is 5.69 Å². The molecule has 23 heavy (non-hydrogen) atoms. The Hall–Kier alpha value is -2.67. The lowest BCUT2D eigenvalue weighted by molar-refractivity contribution is 0.850. The number of aromatic nitrogens is 4.